The molecule has 0 unspecified atom stereocenters. The predicted molar refractivity (Wildman–Crippen MR) is 61.9 cm³/mol. The Morgan fingerprint density at radius 1 is 1.47 bits per heavy atom. The van der Waals surface area contributed by atoms with E-state index < -0.39 is 5.97 Å². The first-order chi connectivity index (χ1) is 8.17. The van der Waals surface area contributed by atoms with Crippen LogP contribution >= 0.6 is 0 Å². The molecule has 0 aliphatic rings. The Hall–Kier alpha value is -2.15. The molecule has 0 radical (unpaired) electrons. The van der Waals surface area contributed by atoms with Crippen molar-refractivity contribution in [1.29, 1.82) is 5.26 Å². The summed E-state index contributed by atoms with van der Waals surface area (Å²) in [7, 11) is 0. The molecular weight excluding hydrogens is 218 g/mol. The van der Waals surface area contributed by atoms with Gasteiger partial charge in [-0.15, -0.1) is 0 Å². The summed E-state index contributed by atoms with van der Waals surface area (Å²) in [6.07, 6.45) is 1.22. The minimum absolute atomic E-state index is 0.239. The molecule has 0 fully saturated rings. The van der Waals surface area contributed by atoms with Gasteiger partial charge in [0.2, 0.25) is 0 Å². The van der Waals surface area contributed by atoms with Crippen molar-refractivity contribution in [2.24, 2.45) is 0 Å². The lowest BCUT2D eigenvalue weighted by atomic mass is 9.97. The number of hydrogen-bond acceptors (Lipinski definition) is 4. The van der Waals surface area contributed by atoms with Gasteiger partial charge in [-0.05, 0) is 31.0 Å². The smallest absolute Gasteiger partial charge is 0.338 e. The van der Waals surface area contributed by atoms with E-state index in [-0.39, 0.29) is 12.2 Å². The number of esters is 1. The molecule has 0 N–H and O–H groups in total. The van der Waals surface area contributed by atoms with Crippen molar-refractivity contribution in [2.75, 3.05) is 6.61 Å². The lowest BCUT2D eigenvalue weighted by Gasteiger charge is -2.08. The number of ether oxygens (including phenoxy) is 1. The number of rotatable bonds is 4. The Balaban J connectivity index is 3.33. The standard InChI is InChI=1S/C13H13NO3/c1-3-12-10(7-14)5-9(6-11(12)8-15)13(16)17-4-2/h5-6,8H,3-4H2,1-2H3. The van der Waals surface area contributed by atoms with Gasteiger partial charge >= 0.3 is 5.97 Å². The average Bonchev–Trinajstić information content (AvgIpc) is 2.37. The van der Waals surface area contributed by atoms with Crippen molar-refractivity contribution < 1.29 is 14.3 Å². The van der Waals surface area contributed by atoms with E-state index in [1.165, 1.54) is 12.1 Å². The van der Waals surface area contributed by atoms with Crippen molar-refractivity contribution in [2.45, 2.75) is 20.3 Å². The second-order valence-electron chi connectivity index (χ2n) is 3.40. The van der Waals surface area contributed by atoms with Gasteiger partial charge in [0.15, 0.2) is 0 Å². The van der Waals surface area contributed by atoms with Crippen LogP contribution in [0.3, 0.4) is 0 Å². The Morgan fingerprint density at radius 3 is 2.65 bits per heavy atom. The molecule has 0 bridgehead atoms. The number of nitriles is 1. The summed E-state index contributed by atoms with van der Waals surface area (Å²) in [5.41, 5.74) is 1.62. The number of hydrogen-bond donors (Lipinski definition) is 0. The number of carbonyl (C=O) groups is 2. The van der Waals surface area contributed by atoms with Crippen LogP contribution in [0, 0.1) is 11.3 Å². The molecule has 0 atom stereocenters. The zero-order valence-electron chi connectivity index (χ0n) is 9.82. The summed E-state index contributed by atoms with van der Waals surface area (Å²) in [5, 5.41) is 8.99. The Labute approximate surface area is 99.8 Å². The second-order valence-corrected chi connectivity index (χ2v) is 3.40. The highest BCUT2D eigenvalue weighted by atomic mass is 16.5. The van der Waals surface area contributed by atoms with Crippen LogP contribution in [0.5, 0.6) is 0 Å². The van der Waals surface area contributed by atoms with Crippen LogP contribution < -0.4 is 0 Å². The minimum Gasteiger partial charge on any atom is -0.462 e. The molecule has 0 spiro atoms. The van der Waals surface area contributed by atoms with Gasteiger partial charge in [0.05, 0.1) is 23.8 Å². The van der Waals surface area contributed by atoms with E-state index in [0.717, 1.165) is 0 Å². The van der Waals surface area contributed by atoms with Gasteiger partial charge in [-0.2, -0.15) is 5.26 Å². The first-order valence-corrected chi connectivity index (χ1v) is 5.37. The highest BCUT2D eigenvalue weighted by molar-refractivity contribution is 5.93. The van der Waals surface area contributed by atoms with Crippen molar-refractivity contribution in [1.82, 2.24) is 0 Å². The van der Waals surface area contributed by atoms with Crippen LogP contribution in [-0.2, 0) is 11.2 Å². The van der Waals surface area contributed by atoms with Crippen LogP contribution in [0.2, 0.25) is 0 Å². The molecule has 0 saturated carbocycles. The van der Waals surface area contributed by atoms with Crippen molar-refractivity contribution in [3.8, 4) is 6.07 Å². The second kappa shape index (κ2) is 5.80. The lowest BCUT2D eigenvalue weighted by molar-refractivity contribution is 0.0526. The minimum atomic E-state index is -0.519. The monoisotopic (exact) mass is 231 g/mol. The van der Waals surface area contributed by atoms with Crippen LogP contribution in [0.25, 0.3) is 0 Å². The number of aldehydes is 1. The molecule has 17 heavy (non-hydrogen) atoms. The summed E-state index contributed by atoms with van der Waals surface area (Å²) in [6.45, 7) is 3.81. The first kappa shape index (κ1) is 12.9. The van der Waals surface area contributed by atoms with E-state index in [9.17, 15) is 9.59 Å². The maximum atomic E-state index is 11.5. The summed E-state index contributed by atoms with van der Waals surface area (Å²) in [4.78, 5) is 22.5. The first-order valence-electron chi connectivity index (χ1n) is 5.37. The zero-order valence-corrected chi connectivity index (χ0v) is 9.82. The molecule has 4 heteroatoms. The summed E-state index contributed by atoms with van der Waals surface area (Å²) >= 11 is 0. The highest BCUT2D eigenvalue weighted by Gasteiger charge is 2.14. The molecule has 0 saturated heterocycles. The van der Waals surface area contributed by atoms with Crippen LogP contribution in [0.15, 0.2) is 12.1 Å². The molecular formula is C13H13NO3. The van der Waals surface area contributed by atoms with E-state index >= 15 is 0 Å². The fourth-order valence-electron chi connectivity index (χ4n) is 1.63. The van der Waals surface area contributed by atoms with Gasteiger partial charge in [0.25, 0.3) is 0 Å². The molecule has 0 aromatic heterocycles. The van der Waals surface area contributed by atoms with E-state index in [1.54, 1.807) is 6.92 Å². The van der Waals surface area contributed by atoms with Crippen LogP contribution in [0.4, 0.5) is 0 Å². The molecule has 0 heterocycles. The fourth-order valence-corrected chi connectivity index (χ4v) is 1.63. The van der Waals surface area contributed by atoms with Crippen molar-refractivity contribution in [3.05, 3.63) is 34.4 Å². The van der Waals surface area contributed by atoms with Gasteiger partial charge in [-0.1, -0.05) is 6.92 Å². The summed E-state index contributed by atoms with van der Waals surface area (Å²) < 4.78 is 4.84. The van der Waals surface area contributed by atoms with Gasteiger partial charge in [-0.25, -0.2) is 4.79 Å². The summed E-state index contributed by atoms with van der Waals surface area (Å²) in [5.74, 6) is -0.519. The average molecular weight is 231 g/mol. The van der Waals surface area contributed by atoms with E-state index in [0.29, 0.717) is 29.4 Å². The molecule has 0 aliphatic heterocycles. The quantitative estimate of drug-likeness (QED) is 0.588. The molecule has 1 aromatic carbocycles. The number of carbonyl (C=O) groups excluding carboxylic acids is 2. The van der Waals surface area contributed by atoms with E-state index in [2.05, 4.69) is 0 Å². The molecule has 1 aromatic rings. The topological polar surface area (TPSA) is 67.2 Å². The molecule has 88 valence electrons. The van der Waals surface area contributed by atoms with Gasteiger partial charge in [0, 0.05) is 5.56 Å². The zero-order chi connectivity index (χ0) is 12.8. The SMILES string of the molecule is CCOC(=O)c1cc(C#N)c(CC)c(C=O)c1. The highest BCUT2D eigenvalue weighted by Crippen LogP contribution is 2.17. The number of benzene rings is 1. The molecule has 4 nitrogen and oxygen atoms in total. The normalized spacial score (nSPS) is 9.47. The molecule has 1 rings (SSSR count). The predicted octanol–water partition coefficient (Wildman–Crippen LogP) is 2.11. The van der Waals surface area contributed by atoms with Gasteiger partial charge in [0.1, 0.15) is 6.29 Å². The Kier molecular flexibility index (Phi) is 4.41. The van der Waals surface area contributed by atoms with Crippen LogP contribution in [-0.4, -0.2) is 18.9 Å². The maximum absolute atomic E-state index is 11.5. The van der Waals surface area contributed by atoms with E-state index in [1.807, 2.05) is 13.0 Å². The Bertz CT molecular complexity index is 486. The van der Waals surface area contributed by atoms with Crippen molar-refractivity contribution >= 4 is 12.3 Å². The maximum Gasteiger partial charge on any atom is 0.338 e. The largest absolute Gasteiger partial charge is 0.462 e. The number of nitrogens with zero attached hydrogens (tertiary/aromatic N) is 1. The molecule has 0 amide bonds. The molecule has 0 aliphatic carbocycles. The van der Waals surface area contributed by atoms with Crippen LogP contribution in [0.1, 0.15) is 45.7 Å². The van der Waals surface area contributed by atoms with E-state index in [4.69, 9.17) is 10.00 Å². The third-order valence-electron chi connectivity index (χ3n) is 2.40. The Morgan fingerprint density at radius 2 is 2.18 bits per heavy atom. The third kappa shape index (κ3) is 2.70. The van der Waals surface area contributed by atoms with Gasteiger partial charge < -0.3 is 4.74 Å². The lowest BCUT2D eigenvalue weighted by Crippen LogP contribution is -2.07. The van der Waals surface area contributed by atoms with Crippen molar-refractivity contribution in [3.63, 3.8) is 0 Å². The van der Waals surface area contributed by atoms with Gasteiger partial charge in [-0.3, -0.25) is 4.79 Å². The summed E-state index contributed by atoms with van der Waals surface area (Å²) in [6, 6.07) is 4.92. The third-order valence-corrected chi connectivity index (χ3v) is 2.40. The fraction of sp³-hybridized carbons (Fsp3) is 0.308.